The number of hydrogen-bond acceptors (Lipinski definition) is 0. The summed E-state index contributed by atoms with van der Waals surface area (Å²) < 4.78 is 0. The van der Waals surface area contributed by atoms with E-state index in [1.807, 2.05) is 0 Å². The molecule has 0 fully saturated rings. The lowest BCUT2D eigenvalue weighted by Gasteiger charge is -2.22. The zero-order valence-corrected chi connectivity index (χ0v) is 14.0. The van der Waals surface area contributed by atoms with Crippen LogP contribution in [0.15, 0.2) is 42.5 Å². The monoisotopic (exact) mass is 278 g/mol. The molecule has 0 radical (unpaired) electrons. The first-order valence-electron chi connectivity index (χ1n) is 8.02. The lowest BCUT2D eigenvalue weighted by Crippen LogP contribution is -2.15. The molecule has 0 aliphatic heterocycles. The second-order valence-corrected chi connectivity index (χ2v) is 8.11. The summed E-state index contributed by atoms with van der Waals surface area (Å²) in [5, 5.41) is 0. The van der Waals surface area contributed by atoms with E-state index in [4.69, 9.17) is 0 Å². The van der Waals surface area contributed by atoms with Crippen molar-refractivity contribution in [2.75, 3.05) is 0 Å². The predicted molar refractivity (Wildman–Crippen MR) is 91.8 cm³/mol. The molecular formula is C21H26. The van der Waals surface area contributed by atoms with Crippen LogP contribution in [0, 0.1) is 5.41 Å². The first-order valence-corrected chi connectivity index (χ1v) is 8.02. The highest BCUT2D eigenvalue weighted by molar-refractivity contribution is 5.80. The van der Waals surface area contributed by atoms with Crippen molar-refractivity contribution in [2.24, 2.45) is 5.41 Å². The van der Waals surface area contributed by atoms with E-state index in [1.54, 1.807) is 0 Å². The van der Waals surface area contributed by atoms with Crippen LogP contribution in [0.25, 0.3) is 11.1 Å². The van der Waals surface area contributed by atoms with Crippen molar-refractivity contribution in [1.29, 1.82) is 0 Å². The van der Waals surface area contributed by atoms with E-state index in [0.29, 0.717) is 5.41 Å². The molecule has 2 aromatic rings. The Kier molecular flexibility index (Phi) is 3.24. The number of benzene rings is 2. The van der Waals surface area contributed by atoms with Crippen molar-refractivity contribution in [2.45, 2.75) is 52.9 Å². The number of hydrogen-bond donors (Lipinski definition) is 0. The first-order chi connectivity index (χ1) is 9.79. The summed E-state index contributed by atoms with van der Waals surface area (Å²) in [5.41, 5.74) is 7.81. The van der Waals surface area contributed by atoms with Gasteiger partial charge >= 0.3 is 0 Å². The van der Waals surface area contributed by atoms with Crippen molar-refractivity contribution in [1.82, 2.24) is 0 Å². The molecule has 0 nitrogen and oxygen atoms in total. The molecule has 21 heavy (non-hydrogen) atoms. The van der Waals surface area contributed by atoms with Crippen molar-refractivity contribution in [3.63, 3.8) is 0 Å². The van der Waals surface area contributed by atoms with E-state index < -0.39 is 0 Å². The van der Waals surface area contributed by atoms with Crippen molar-refractivity contribution >= 4 is 0 Å². The van der Waals surface area contributed by atoms with E-state index >= 15 is 0 Å². The number of aryl methyl sites for hydroxylation is 1. The highest BCUT2D eigenvalue weighted by Crippen LogP contribution is 2.48. The molecule has 1 aliphatic rings. The Labute approximate surface area is 129 Å². The second-order valence-electron chi connectivity index (χ2n) is 8.11. The van der Waals surface area contributed by atoms with E-state index in [9.17, 15) is 0 Å². The molecule has 0 saturated heterocycles. The van der Waals surface area contributed by atoms with Crippen molar-refractivity contribution in [3.05, 3.63) is 59.2 Å². The minimum Gasteiger partial charge on any atom is -0.0619 e. The van der Waals surface area contributed by atoms with Gasteiger partial charge < -0.3 is 0 Å². The van der Waals surface area contributed by atoms with Gasteiger partial charge in [-0.05, 0) is 46.1 Å². The highest BCUT2D eigenvalue weighted by Gasteiger charge is 2.34. The third-order valence-electron chi connectivity index (χ3n) is 4.81. The Balaban J connectivity index is 2.00. The van der Waals surface area contributed by atoms with Gasteiger partial charge in [0.2, 0.25) is 0 Å². The minimum atomic E-state index is 0.129. The van der Waals surface area contributed by atoms with Crippen molar-refractivity contribution in [3.8, 4) is 11.1 Å². The van der Waals surface area contributed by atoms with Crippen molar-refractivity contribution < 1.29 is 0 Å². The average molecular weight is 278 g/mol. The molecule has 3 rings (SSSR count). The molecule has 2 aromatic carbocycles. The van der Waals surface area contributed by atoms with Crippen LogP contribution in [0.3, 0.4) is 0 Å². The van der Waals surface area contributed by atoms with E-state index in [-0.39, 0.29) is 5.41 Å². The summed E-state index contributed by atoms with van der Waals surface area (Å²) in [4.78, 5) is 0. The van der Waals surface area contributed by atoms with Crippen LogP contribution >= 0.6 is 0 Å². The molecule has 0 saturated carbocycles. The lowest BCUT2D eigenvalue weighted by molar-refractivity contribution is 0.378. The molecule has 0 aromatic heterocycles. The Morgan fingerprint density at radius 1 is 0.857 bits per heavy atom. The molecule has 0 heterocycles. The topological polar surface area (TPSA) is 0 Å². The van der Waals surface area contributed by atoms with E-state index in [1.165, 1.54) is 40.7 Å². The normalized spacial score (nSPS) is 15.7. The zero-order chi connectivity index (χ0) is 15.3. The smallest absolute Gasteiger partial charge is 0.0158 e. The van der Waals surface area contributed by atoms with Crippen LogP contribution in [0.5, 0.6) is 0 Å². The van der Waals surface area contributed by atoms with Gasteiger partial charge in [0.05, 0.1) is 0 Å². The maximum Gasteiger partial charge on any atom is 0.0158 e. The summed E-state index contributed by atoms with van der Waals surface area (Å²) in [6.45, 7) is 11.7. The van der Waals surface area contributed by atoms with Gasteiger partial charge in [-0.25, -0.2) is 0 Å². The van der Waals surface area contributed by atoms with E-state index in [2.05, 4.69) is 77.1 Å². The Morgan fingerprint density at radius 3 is 2.24 bits per heavy atom. The second kappa shape index (κ2) is 4.73. The third-order valence-corrected chi connectivity index (χ3v) is 4.81. The van der Waals surface area contributed by atoms with Crippen LogP contribution < -0.4 is 0 Å². The summed E-state index contributed by atoms with van der Waals surface area (Å²) in [5.74, 6) is 0. The van der Waals surface area contributed by atoms with Crippen LogP contribution in [-0.4, -0.2) is 0 Å². The third kappa shape index (κ3) is 2.52. The van der Waals surface area contributed by atoms with Gasteiger partial charge in [0.25, 0.3) is 0 Å². The van der Waals surface area contributed by atoms with Crippen LogP contribution in [0.1, 0.15) is 57.7 Å². The summed E-state index contributed by atoms with van der Waals surface area (Å²) in [6, 6.07) is 16.0. The van der Waals surface area contributed by atoms with Gasteiger partial charge in [0.15, 0.2) is 0 Å². The predicted octanol–water partition coefficient (Wildman–Crippen LogP) is 5.97. The fourth-order valence-corrected chi connectivity index (χ4v) is 3.43. The number of rotatable bonds is 2. The number of fused-ring (bicyclic) bond motifs is 3. The maximum absolute atomic E-state index is 2.45. The van der Waals surface area contributed by atoms with Gasteiger partial charge in [0, 0.05) is 5.41 Å². The minimum absolute atomic E-state index is 0.129. The fourth-order valence-electron chi connectivity index (χ4n) is 3.43. The quantitative estimate of drug-likeness (QED) is 0.634. The molecular weight excluding hydrogens is 252 g/mol. The molecule has 110 valence electrons. The molecule has 1 aliphatic carbocycles. The zero-order valence-electron chi connectivity index (χ0n) is 14.0. The molecule has 0 N–H and O–H groups in total. The molecule has 0 unspecified atom stereocenters. The highest BCUT2D eigenvalue weighted by atomic mass is 14.4. The van der Waals surface area contributed by atoms with Crippen LogP contribution in [0.4, 0.5) is 0 Å². The first kappa shape index (κ1) is 14.4. The Morgan fingerprint density at radius 2 is 1.52 bits per heavy atom. The van der Waals surface area contributed by atoms with Crippen LogP contribution in [-0.2, 0) is 11.8 Å². The van der Waals surface area contributed by atoms with Gasteiger partial charge in [-0.1, -0.05) is 77.1 Å². The summed E-state index contributed by atoms with van der Waals surface area (Å²) in [7, 11) is 0. The fraction of sp³-hybridized carbons (Fsp3) is 0.429. The standard InChI is InChI=1S/C21H26/c1-20(2,3)13-12-15-10-11-17-16-8-6-7-9-18(16)21(4,5)19(17)14-15/h6-11,14H,12-13H2,1-5H3. The maximum atomic E-state index is 2.45. The SMILES string of the molecule is CC(C)(C)CCc1ccc2c(c1)C(C)(C)c1ccccc1-2. The molecule has 0 spiro atoms. The molecule has 0 atom stereocenters. The van der Waals surface area contributed by atoms with Crippen LogP contribution in [0.2, 0.25) is 0 Å². The largest absolute Gasteiger partial charge is 0.0619 e. The van der Waals surface area contributed by atoms with E-state index in [0.717, 1.165) is 0 Å². The summed E-state index contributed by atoms with van der Waals surface area (Å²) >= 11 is 0. The lowest BCUT2D eigenvalue weighted by atomic mass is 9.81. The Hall–Kier alpha value is -1.56. The molecule has 0 amide bonds. The van der Waals surface area contributed by atoms with Gasteiger partial charge in [-0.3, -0.25) is 0 Å². The average Bonchev–Trinajstić information content (AvgIpc) is 2.65. The summed E-state index contributed by atoms with van der Waals surface area (Å²) in [6.07, 6.45) is 2.41. The van der Waals surface area contributed by atoms with Gasteiger partial charge in [-0.2, -0.15) is 0 Å². The van der Waals surface area contributed by atoms with Gasteiger partial charge in [0.1, 0.15) is 0 Å². The Bertz CT molecular complexity index is 669. The van der Waals surface area contributed by atoms with Gasteiger partial charge in [-0.15, -0.1) is 0 Å². The molecule has 0 bridgehead atoms. The molecule has 0 heteroatoms.